The Balaban J connectivity index is 1.18. The van der Waals surface area contributed by atoms with E-state index in [1.807, 2.05) is 47.9 Å². The van der Waals surface area contributed by atoms with E-state index in [0.29, 0.717) is 34.1 Å². The predicted molar refractivity (Wildman–Crippen MR) is 177 cm³/mol. The van der Waals surface area contributed by atoms with Crippen LogP contribution in [0.2, 0.25) is 10.0 Å². The fourth-order valence-electron chi connectivity index (χ4n) is 4.86. The topological polar surface area (TPSA) is 96.2 Å². The third-order valence-electron chi connectivity index (χ3n) is 7.36. The lowest BCUT2D eigenvalue weighted by Gasteiger charge is -2.26. The lowest BCUT2D eigenvalue weighted by molar-refractivity contribution is -0.122. The first-order valence-electron chi connectivity index (χ1n) is 14.0. The molecule has 1 fully saturated rings. The van der Waals surface area contributed by atoms with Gasteiger partial charge < -0.3 is 19.9 Å². The van der Waals surface area contributed by atoms with Crippen LogP contribution in [0.25, 0.3) is 11.7 Å². The molecule has 0 unspecified atom stereocenters. The molecule has 1 aliphatic heterocycles. The van der Waals surface area contributed by atoms with E-state index in [-0.39, 0.29) is 30.0 Å². The van der Waals surface area contributed by atoms with Gasteiger partial charge in [-0.2, -0.15) is 0 Å². The van der Waals surface area contributed by atoms with Crippen molar-refractivity contribution < 1.29 is 19.1 Å². The molecule has 0 aliphatic carbocycles. The number of anilines is 2. The number of pyridine rings is 1. The van der Waals surface area contributed by atoms with Gasteiger partial charge in [0.1, 0.15) is 11.2 Å². The number of aromatic nitrogens is 2. The number of benzene rings is 2. The molecular formula is C32H30BrCl2N5O4. The predicted octanol–water partition coefficient (Wildman–Crippen LogP) is 6.60. The number of imidazole rings is 1. The maximum atomic E-state index is 13.0. The molecule has 0 saturated carbocycles. The van der Waals surface area contributed by atoms with Crippen molar-refractivity contribution in [2.45, 2.75) is 32.8 Å². The van der Waals surface area contributed by atoms with Gasteiger partial charge in [-0.15, -0.1) is 0 Å². The Morgan fingerprint density at radius 3 is 2.66 bits per heavy atom. The summed E-state index contributed by atoms with van der Waals surface area (Å²) in [6, 6.07) is 14.4. The van der Waals surface area contributed by atoms with E-state index in [1.54, 1.807) is 36.2 Å². The standard InChI is InChI=1S/C32H30BrCl2N5O4/c1-20-31(33)40-17-5-6-26(32(40)37-20)44-19-23-24(34)13-14-25(30(23)35)38(2)29(43)18-36-27(41)15-10-21-8-11-22(12-9-21)39-16-4-3-7-28(39)42/h5-6,8-15,17H,3-4,7,16,18-19H2,1-2H3,(H,36,41). The number of carbonyl (C=O) groups excluding carboxylic acids is 3. The van der Waals surface area contributed by atoms with Gasteiger partial charge in [-0.3, -0.25) is 18.8 Å². The van der Waals surface area contributed by atoms with E-state index in [0.717, 1.165) is 40.9 Å². The lowest BCUT2D eigenvalue weighted by atomic mass is 10.1. The number of aryl methyl sites for hydroxylation is 1. The van der Waals surface area contributed by atoms with Crippen LogP contribution in [0, 0.1) is 6.92 Å². The highest BCUT2D eigenvalue weighted by Gasteiger charge is 2.21. The molecule has 0 atom stereocenters. The maximum absolute atomic E-state index is 13.0. The van der Waals surface area contributed by atoms with Crippen molar-refractivity contribution in [2.75, 3.05) is 29.9 Å². The summed E-state index contributed by atoms with van der Waals surface area (Å²) in [5.41, 5.74) is 4.04. The molecule has 0 spiro atoms. The molecule has 0 radical (unpaired) electrons. The number of piperidine rings is 1. The van der Waals surface area contributed by atoms with E-state index in [9.17, 15) is 14.4 Å². The number of amides is 3. The molecule has 1 N–H and O–H groups in total. The normalized spacial score (nSPS) is 13.5. The highest BCUT2D eigenvalue weighted by molar-refractivity contribution is 9.10. The molecule has 3 heterocycles. The zero-order valence-corrected chi connectivity index (χ0v) is 27.2. The summed E-state index contributed by atoms with van der Waals surface area (Å²) in [6.45, 7) is 2.42. The molecule has 228 valence electrons. The Labute approximate surface area is 273 Å². The summed E-state index contributed by atoms with van der Waals surface area (Å²) in [7, 11) is 1.57. The fourth-order valence-corrected chi connectivity index (χ4v) is 5.84. The number of likely N-dealkylation sites (N-methyl/N-ethyl adjacent to an activating group) is 1. The third-order valence-corrected chi connectivity index (χ3v) is 9.09. The van der Waals surface area contributed by atoms with Gasteiger partial charge in [0.2, 0.25) is 17.7 Å². The van der Waals surface area contributed by atoms with E-state index in [4.69, 9.17) is 27.9 Å². The Bertz CT molecular complexity index is 1760. The SMILES string of the molecule is Cc1nc2c(OCc3c(Cl)ccc(N(C)C(=O)CNC(=O)C=Cc4ccc(N5CCCCC5=O)cc4)c3Cl)cccn2c1Br. The maximum Gasteiger partial charge on any atom is 0.246 e. The van der Waals surface area contributed by atoms with E-state index in [2.05, 4.69) is 26.2 Å². The second kappa shape index (κ2) is 13.8. The molecular weight excluding hydrogens is 669 g/mol. The molecule has 3 amide bonds. The van der Waals surface area contributed by atoms with Crippen molar-refractivity contribution in [3.8, 4) is 5.75 Å². The van der Waals surface area contributed by atoms with Crippen LogP contribution in [0.3, 0.4) is 0 Å². The average Bonchev–Trinajstić information content (AvgIpc) is 3.32. The van der Waals surface area contributed by atoms with Crippen molar-refractivity contribution in [3.05, 3.63) is 92.3 Å². The number of nitrogens with one attached hydrogen (secondary N) is 1. The number of nitrogens with zero attached hydrogens (tertiary/aromatic N) is 4. The van der Waals surface area contributed by atoms with Gasteiger partial charge in [0.15, 0.2) is 11.4 Å². The summed E-state index contributed by atoms with van der Waals surface area (Å²) in [5.74, 6) is -0.119. The Morgan fingerprint density at radius 1 is 1.14 bits per heavy atom. The Morgan fingerprint density at radius 2 is 1.91 bits per heavy atom. The first kappa shape index (κ1) is 31.6. The zero-order chi connectivity index (χ0) is 31.4. The molecule has 44 heavy (non-hydrogen) atoms. The number of rotatable bonds is 9. The van der Waals surface area contributed by atoms with E-state index in [1.165, 1.54) is 11.0 Å². The molecule has 2 aromatic heterocycles. The minimum Gasteiger partial charge on any atom is -0.485 e. The molecule has 1 saturated heterocycles. The van der Waals surface area contributed by atoms with Gasteiger partial charge in [-0.25, -0.2) is 4.98 Å². The molecule has 1 aliphatic rings. The number of hydrogen-bond donors (Lipinski definition) is 1. The molecule has 0 bridgehead atoms. The molecule has 12 heteroatoms. The van der Waals surface area contributed by atoms with Gasteiger partial charge in [0, 0.05) is 48.6 Å². The van der Waals surface area contributed by atoms with Crippen molar-refractivity contribution in [2.24, 2.45) is 0 Å². The second-order valence-electron chi connectivity index (χ2n) is 10.3. The van der Waals surface area contributed by atoms with Crippen molar-refractivity contribution in [1.82, 2.24) is 14.7 Å². The van der Waals surface area contributed by atoms with Crippen LogP contribution in [-0.4, -0.2) is 47.2 Å². The highest BCUT2D eigenvalue weighted by Crippen LogP contribution is 2.35. The van der Waals surface area contributed by atoms with E-state index < -0.39 is 5.91 Å². The van der Waals surface area contributed by atoms with Crippen LogP contribution in [0.1, 0.15) is 36.1 Å². The van der Waals surface area contributed by atoms with Crippen LogP contribution in [0.4, 0.5) is 11.4 Å². The summed E-state index contributed by atoms with van der Waals surface area (Å²) in [4.78, 5) is 45.3. The largest absolute Gasteiger partial charge is 0.485 e. The molecule has 9 nitrogen and oxygen atoms in total. The lowest BCUT2D eigenvalue weighted by Crippen LogP contribution is -2.37. The van der Waals surface area contributed by atoms with Gasteiger partial charge in [0.25, 0.3) is 0 Å². The summed E-state index contributed by atoms with van der Waals surface area (Å²) >= 11 is 16.7. The monoisotopic (exact) mass is 697 g/mol. The minimum absolute atomic E-state index is 0.0492. The first-order chi connectivity index (χ1) is 21.1. The van der Waals surface area contributed by atoms with Gasteiger partial charge in [0.05, 0.1) is 22.9 Å². The molecule has 2 aromatic carbocycles. The Hall–Kier alpha value is -3.86. The summed E-state index contributed by atoms with van der Waals surface area (Å²) in [5, 5.41) is 3.27. The van der Waals surface area contributed by atoms with E-state index >= 15 is 0 Å². The molecule has 5 rings (SSSR count). The van der Waals surface area contributed by atoms with Gasteiger partial charge >= 0.3 is 0 Å². The third kappa shape index (κ3) is 6.93. The summed E-state index contributed by atoms with van der Waals surface area (Å²) < 4.78 is 8.76. The van der Waals surface area contributed by atoms with Crippen molar-refractivity contribution in [1.29, 1.82) is 0 Å². The van der Waals surface area contributed by atoms with Crippen LogP contribution in [0.5, 0.6) is 5.75 Å². The number of carbonyl (C=O) groups is 3. The van der Waals surface area contributed by atoms with Crippen LogP contribution < -0.4 is 19.9 Å². The van der Waals surface area contributed by atoms with Gasteiger partial charge in [-0.05, 0) is 83.7 Å². The van der Waals surface area contributed by atoms with Crippen molar-refractivity contribution >= 4 is 80.0 Å². The number of hydrogen-bond acceptors (Lipinski definition) is 5. The van der Waals surface area contributed by atoms with Gasteiger partial charge in [-0.1, -0.05) is 35.3 Å². The minimum atomic E-state index is -0.423. The fraction of sp³-hybridized carbons (Fsp3) is 0.250. The second-order valence-corrected chi connectivity index (χ2v) is 11.8. The molecule has 4 aromatic rings. The highest BCUT2D eigenvalue weighted by atomic mass is 79.9. The average molecular weight is 699 g/mol. The zero-order valence-electron chi connectivity index (χ0n) is 24.1. The smallest absolute Gasteiger partial charge is 0.246 e. The number of fused-ring (bicyclic) bond motifs is 1. The number of halogens is 3. The quantitative estimate of drug-likeness (QED) is 0.199. The summed E-state index contributed by atoms with van der Waals surface area (Å²) in [6.07, 6.45) is 7.37. The first-order valence-corrected chi connectivity index (χ1v) is 15.5. The van der Waals surface area contributed by atoms with Crippen LogP contribution in [0.15, 0.2) is 65.4 Å². The number of ether oxygens (including phenoxy) is 1. The van der Waals surface area contributed by atoms with Crippen LogP contribution in [-0.2, 0) is 21.0 Å². The van der Waals surface area contributed by atoms with Crippen molar-refractivity contribution in [3.63, 3.8) is 0 Å². The Kier molecular flexibility index (Phi) is 9.93. The van der Waals surface area contributed by atoms with Crippen LogP contribution >= 0.6 is 39.1 Å².